The summed E-state index contributed by atoms with van der Waals surface area (Å²) in [5.74, 6) is 0.902. The lowest BCUT2D eigenvalue weighted by molar-refractivity contribution is -0.117. The molecule has 32 heavy (non-hydrogen) atoms. The molecule has 1 fully saturated rings. The third-order valence-corrected chi connectivity index (χ3v) is 5.88. The summed E-state index contributed by atoms with van der Waals surface area (Å²) in [5.41, 5.74) is 4.70. The van der Waals surface area contributed by atoms with Crippen LogP contribution >= 0.6 is 0 Å². The van der Waals surface area contributed by atoms with E-state index in [0.717, 1.165) is 23.4 Å². The fourth-order valence-electron chi connectivity index (χ4n) is 4.05. The maximum atomic E-state index is 12.7. The van der Waals surface area contributed by atoms with Crippen molar-refractivity contribution in [3.8, 4) is 22.8 Å². The van der Waals surface area contributed by atoms with Crippen molar-refractivity contribution in [1.82, 2.24) is 20.3 Å². The lowest BCUT2D eigenvalue weighted by Crippen LogP contribution is -2.24. The standard InChI is InChI=1S/C25H25N5O2/c1-2-3-7-17-10-12-20(13-11-17)30-16-19(14-23(30)31)24-26-25(32-29-24)22-15-21(27-28-22)18-8-5-4-6-9-18/h4-6,8-13,15,19H,2-3,7,14,16H2,1H3,(H,27,28). The van der Waals surface area contributed by atoms with Crippen molar-refractivity contribution >= 4 is 11.6 Å². The summed E-state index contributed by atoms with van der Waals surface area (Å²) in [7, 11) is 0. The number of benzene rings is 2. The minimum absolute atomic E-state index is 0.0792. The Morgan fingerprint density at radius 1 is 1.12 bits per heavy atom. The number of nitrogens with zero attached hydrogens (tertiary/aromatic N) is 4. The van der Waals surface area contributed by atoms with Gasteiger partial charge in [-0.15, -0.1) is 0 Å². The van der Waals surface area contributed by atoms with E-state index >= 15 is 0 Å². The molecule has 4 aromatic rings. The van der Waals surface area contributed by atoms with Gasteiger partial charge in [-0.05, 0) is 36.6 Å². The number of aromatic amines is 1. The molecule has 5 rings (SSSR count). The molecule has 7 nitrogen and oxygen atoms in total. The molecule has 1 saturated heterocycles. The maximum Gasteiger partial charge on any atom is 0.275 e. The van der Waals surface area contributed by atoms with Gasteiger partial charge >= 0.3 is 0 Å². The predicted octanol–water partition coefficient (Wildman–Crippen LogP) is 4.99. The van der Waals surface area contributed by atoms with Gasteiger partial charge in [-0.1, -0.05) is 61.0 Å². The van der Waals surface area contributed by atoms with Crippen molar-refractivity contribution in [3.05, 3.63) is 72.1 Å². The number of unbranched alkanes of at least 4 members (excludes halogenated alkanes) is 1. The topological polar surface area (TPSA) is 87.9 Å². The lowest BCUT2D eigenvalue weighted by Gasteiger charge is -2.16. The van der Waals surface area contributed by atoms with Gasteiger partial charge in [0.1, 0.15) is 5.69 Å². The first-order valence-corrected chi connectivity index (χ1v) is 11.1. The average Bonchev–Trinajstić information content (AvgIpc) is 3.58. The van der Waals surface area contributed by atoms with Crippen LogP contribution < -0.4 is 4.90 Å². The molecule has 0 radical (unpaired) electrons. The number of rotatable bonds is 7. The lowest BCUT2D eigenvalue weighted by atomic mass is 10.1. The molecular formula is C25H25N5O2. The van der Waals surface area contributed by atoms with Crippen LogP contribution in [0.4, 0.5) is 5.69 Å². The van der Waals surface area contributed by atoms with Crippen molar-refractivity contribution in [1.29, 1.82) is 0 Å². The highest BCUT2D eigenvalue weighted by atomic mass is 16.5. The highest BCUT2D eigenvalue weighted by molar-refractivity contribution is 5.96. The largest absolute Gasteiger partial charge is 0.332 e. The molecule has 7 heteroatoms. The van der Waals surface area contributed by atoms with E-state index in [1.165, 1.54) is 18.4 Å². The maximum absolute atomic E-state index is 12.7. The minimum Gasteiger partial charge on any atom is -0.332 e. The highest BCUT2D eigenvalue weighted by Gasteiger charge is 2.34. The van der Waals surface area contributed by atoms with Gasteiger partial charge in [0.05, 0.1) is 5.69 Å². The van der Waals surface area contributed by atoms with Gasteiger partial charge in [0.25, 0.3) is 5.89 Å². The summed E-state index contributed by atoms with van der Waals surface area (Å²) >= 11 is 0. The molecule has 162 valence electrons. The molecule has 1 unspecified atom stereocenters. The van der Waals surface area contributed by atoms with E-state index in [9.17, 15) is 4.79 Å². The number of carbonyl (C=O) groups excluding carboxylic acids is 1. The summed E-state index contributed by atoms with van der Waals surface area (Å²) in [5, 5.41) is 11.5. The molecule has 1 aliphatic rings. The van der Waals surface area contributed by atoms with E-state index in [-0.39, 0.29) is 11.8 Å². The van der Waals surface area contributed by atoms with Crippen LogP contribution in [0.3, 0.4) is 0 Å². The summed E-state index contributed by atoms with van der Waals surface area (Å²) in [6.07, 6.45) is 3.79. The van der Waals surface area contributed by atoms with E-state index in [1.54, 1.807) is 0 Å². The average molecular weight is 428 g/mol. The Morgan fingerprint density at radius 2 is 1.94 bits per heavy atom. The summed E-state index contributed by atoms with van der Waals surface area (Å²) < 4.78 is 5.48. The molecule has 0 aliphatic carbocycles. The Bertz CT molecular complexity index is 1200. The van der Waals surface area contributed by atoms with Gasteiger partial charge in [-0.25, -0.2) is 0 Å². The molecule has 1 amide bonds. The van der Waals surface area contributed by atoms with Crippen LogP contribution in [0.15, 0.2) is 65.2 Å². The van der Waals surface area contributed by atoms with Gasteiger partial charge in [-0.2, -0.15) is 10.1 Å². The molecule has 3 heterocycles. The van der Waals surface area contributed by atoms with Crippen molar-refractivity contribution in [2.75, 3.05) is 11.4 Å². The molecule has 2 aromatic heterocycles. The van der Waals surface area contributed by atoms with Crippen LogP contribution in [0.25, 0.3) is 22.8 Å². The number of anilines is 1. The second kappa shape index (κ2) is 8.78. The molecule has 0 saturated carbocycles. The number of amides is 1. The third-order valence-electron chi connectivity index (χ3n) is 5.88. The van der Waals surface area contributed by atoms with Gasteiger partial charge in [0, 0.05) is 30.1 Å². The number of aromatic nitrogens is 4. The summed E-state index contributed by atoms with van der Waals surface area (Å²) in [6, 6.07) is 20.1. The second-order valence-electron chi connectivity index (χ2n) is 8.17. The number of hydrogen-bond donors (Lipinski definition) is 1. The van der Waals surface area contributed by atoms with Gasteiger partial charge in [0.2, 0.25) is 5.91 Å². The predicted molar refractivity (Wildman–Crippen MR) is 122 cm³/mol. The van der Waals surface area contributed by atoms with Crippen LogP contribution in [-0.4, -0.2) is 32.8 Å². The summed E-state index contributed by atoms with van der Waals surface area (Å²) in [6.45, 7) is 2.74. The number of carbonyl (C=O) groups is 1. The highest BCUT2D eigenvalue weighted by Crippen LogP contribution is 2.32. The molecule has 1 N–H and O–H groups in total. The van der Waals surface area contributed by atoms with Gasteiger partial charge in [-0.3, -0.25) is 9.89 Å². The molecule has 2 aromatic carbocycles. The molecular weight excluding hydrogens is 402 g/mol. The zero-order chi connectivity index (χ0) is 21.9. The van der Waals surface area contributed by atoms with E-state index in [0.29, 0.717) is 30.4 Å². The van der Waals surface area contributed by atoms with Crippen LogP contribution in [0.5, 0.6) is 0 Å². The van der Waals surface area contributed by atoms with Crippen LogP contribution in [0, 0.1) is 0 Å². The van der Waals surface area contributed by atoms with E-state index in [1.807, 2.05) is 53.4 Å². The van der Waals surface area contributed by atoms with E-state index in [2.05, 4.69) is 39.4 Å². The molecule has 0 bridgehead atoms. The van der Waals surface area contributed by atoms with E-state index < -0.39 is 0 Å². The Kier molecular flexibility index (Phi) is 5.54. The smallest absolute Gasteiger partial charge is 0.275 e. The van der Waals surface area contributed by atoms with Gasteiger partial charge < -0.3 is 9.42 Å². The number of aryl methyl sites for hydroxylation is 1. The summed E-state index contributed by atoms with van der Waals surface area (Å²) in [4.78, 5) is 19.0. The van der Waals surface area contributed by atoms with Crippen LogP contribution in [-0.2, 0) is 11.2 Å². The second-order valence-corrected chi connectivity index (χ2v) is 8.17. The van der Waals surface area contributed by atoms with Crippen molar-refractivity contribution in [2.24, 2.45) is 0 Å². The third kappa shape index (κ3) is 4.06. The Morgan fingerprint density at radius 3 is 2.72 bits per heavy atom. The SMILES string of the molecule is CCCCc1ccc(N2CC(c3noc(-c4cc(-c5ccccc5)n[nH]4)n3)CC2=O)cc1. The molecule has 0 spiro atoms. The van der Waals surface area contributed by atoms with Gasteiger partial charge in [0.15, 0.2) is 5.82 Å². The number of nitrogens with one attached hydrogen (secondary N) is 1. The van der Waals surface area contributed by atoms with Crippen molar-refractivity contribution < 1.29 is 9.32 Å². The molecule has 1 aliphatic heterocycles. The molecule has 1 atom stereocenters. The number of H-pyrrole nitrogens is 1. The van der Waals surface area contributed by atoms with Crippen LogP contribution in [0.1, 0.15) is 43.5 Å². The van der Waals surface area contributed by atoms with Crippen LogP contribution in [0.2, 0.25) is 0 Å². The quantitative estimate of drug-likeness (QED) is 0.449. The zero-order valence-electron chi connectivity index (χ0n) is 18.0. The van der Waals surface area contributed by atoms with Crippen molar-refractivity contribution in [3.63, 3.8) is 0 Å². The monoisotopic (exact) mass is 427 g/mol. The normalized spacial score (nSPS) is 16.1. The Hall–Kier alpha value is -3.74. The first kappa shape index (κ1) is 20.2. The van der Waals surface area contributed by atoms with Crippen molar-refractivity contribution in [2.45, 2.75) is 38.5 Å². The fourth-order valence-corrected chi connectivity index (χ4v) is 4.05. The zero-order valence-corrected chi connectivity index (χ0v) is 18.0. The number of hydrogen-bond acceptors (Lipinski definition) is 5. The first-order valence-electron chi connectivity index (χ1n) is 11.1. The fraction of sp³-hybridized carbons (Fsp3) is 0.280. The Labute approximate surface area is 186 Å². The first-order chi connectivity index (χ1) is 15.7. The Balaban J connectivity index is 1.29. The minimum atomic E-state index is -0.101. The van der Waals surface area contributed by atoms with E-state index in [4.69, 9.17) is 4.52 Å².